The van der Waals surface area contributed by atoms with Gasteiger partial charge < -0.3 is 24.4 Å². The zero-order chi connectivity index (χ0) is 25.3. The van der Waals surface area contributed by atoms with Crippen LogP contribution in [0.2, 0.25) is 0 Å². The SMILES string of the molecule is COCC(C)(C)c1cn(CCN2CCCC2)c(C2CCN(c3ncnc4c3[C@H](C)CC(=O)N4)CC2)n1. The molecule has 9 nitrogen and oxygen atoms in total. The van der Waals surface area contributed by atoms with Gasteiger partial charge in [-0.3, -0.25) is 4.79 Å². The molecule has 2 saturated heterocycles. The first-order chi connectivity index (χ1) is 17.4. The predicted octanol–water partition coefficient (Wildman–Crippen LogP) is 3.52. The van der Waals surface area contributed by atoms with E-state index >= 15 is 0 Å². The molecule has 36 heavy (non-hydrogen) atoms. The predicted molar refractivity (Wildman–Crippen MR) is 141 cm³/mol. The summed E-state index contributed by atoms with van der Waals surface area (Å²) >= 11 is 0. The summed E-state index contributed by atoms with van der Waals surface area (Å²) in [7, 11) is 1.76. The third kappa shape index (κ3) is 5.13. The van der Waals surface area contributed by atoms with Crippen molar-refractivity contribution in [2.45, 2.75) is 76.7 Å². The highest BCUT2D eigenvalue weighted by atomic mass is 16.5. The molecule has 0 radical (unpaired) electrons. The second kappa shape index (κ2) is 10.5. The molecule has 3 aliphatic rings. The number of methoxy groups -OCH3 is 1. The van der Waals surface area contributed by atoms with Gasteiger partial charge in [0.1, 0.15) is 23.8 Å². The van der Waals surface area contributed by atoms with Crippen molar-refractivity contribution < 1.29 is 9.53 Å². The number of nitrogens with one attached hydrogen (secondary N) is 1. The van der Waals surface area contributed by atoms with Crippen LogP contribution in [0.25, 0.3) is 0 Å². The smallest absolute Gasteiger partial charge is 0.226 e. The molecule has 0 unspecified atom stereocenters. The van der Waals surface area contributed by atoms with Gasteiger partial charge in [0.25, 0.3) is 0 Å². The average Bonchev–Trinajstić information content (AvgIpc) is 3.53. The van der Waals surface area contributed by atoms with Gasteiger partial charge in [-0.2, -0.15) is 0 Å². The number of likely N-dealkylation sites (tertiary alicyclic amines) is 1. The minimum Gasteiger partial charge on any atom is -0.384 e. The standard InChI is InChI=1S/C27H41N7O2/c1-19-15-22(35)31-24-23(19)26(29-18-28-24)33-11-7-20(8-12-33)25-30-21(27(2,3)17-36-4)16-34(25)14-13-32-9-5-6-10-32/h16,18-20H,5-15,17H2,1-4H3,(H,28,29,31,35)/t19-/m1/s1. The number of aromatic nitrogens is 4. The van der Waals surface area contributed by atoms with E-state index in [0.29, 0.717) is 24.8 Å². The Hall–Kier alpha value is -2.52. The second-order valence-corrected chi connectivity index (χ2v) is 11.4. The van der Waals surface area contributed by atoms with Crippen LogP contribution in [0.3, 0.4) is 0 Å². The van der Waals surface area contributed by atoms with Gasteiger partial charge in [-0.15, -0.1) is 0 Å². The van der Waals surface area contributed by atoms with Gasteiger partial charge >= 0.3 is 0 Å². The van der Waals surface area contributed by atoms with E-state index in [0.717, 1.165) is 56.1 Å². The normalized spacial score (nSPS) is 21.6. The molecule has 1 amide bonds. The summed E-state index contributed by atoms with van der Waals surface area (Å²) in [6, 6.07) is 0. The number of piperidine rings is 1. The molecule has 0 spiro atoms. The summed E-state index contributed by atoms with van der Waals surface area (Å²) in [4.78, 5) is 31.2. The Morgan fingerprint density at radius 1 is 1.11 bits per heavy atom. The van der Waals surface area contributed by atoms with Crippen LogP contribution in [0, 0.1) is 0 Å². The van der Waals surface area contributed by atoms with Crippen molar-refractivity contribution in [3.05, 3.63) is 29.6 Å². The lowest BCUT2D eigenvalue weighted by atomic mass is 9.91. The molecule has 3 aliphatic heterocycles. The largest absolute Gasteiger partial charge is 0.384 e. The molecule has 0 aliphatic carbocycles. The zero-order valence-corrected chi connectivity index (χ0v) is 22.3. The topological polar surface area (TPSA) is 88.4 Å². The molecule has 0 saturated carbocycles. The molecule has 2 fully saturated rings. The summed E-state index contributed by atoms with van der Waals surface area (Å²) < 4.78 is 7.94. The number of hydrogen-bond acceptors (Lipinski definition) is 7. The van der Waals surface area contributed by atoms with Gasteiger partial charge in [0.05, 0.1) is 12.3 Å². The Bertz CT molecular complexity index is 1070. The Morgan fingerprint density at radius 2 is 1.86 bits per heavy atom. The maximum Gasteiger partial charge on any atom is 0.226 e. The summed E-state index contributed by atoms with van der Waals surface area (Å²) in [5, 5.41) is 2.93. The molecule has 5 rings (SSSR count). The number of rotatable bonds is 8. The van der Waals surface area contributed by atoms with E-state index in [4.69, 9.17) is 9.72 Å². The summed E-state index contributed by atoms with van der Waals surface area (Å²) in [5.74, 6) is 3.45. The number of ether oxygens (including phenoxy) is 1. The van der Waals surface area contributed by atoms with Crippen LogP contribution in [0.15, 0.2) is 12.5 Å². The van der Waals surface area contributed by atoms with Crippen molar-refractivity contribution in [3.8, 4) is 0 Å². The van der Waals surface area contributed by atoms with Crippen molar-refractivity contribution in [3.63, 3.8) is 0 Å². The minimum atomic E-state index is -0.121. The van der Waals surface area contributed by atoms with Gasteiger partial charge in [-0.05, 0) is 44.7 Å². The highest BCUT2D eigenvalue weighted by Crippen LogP contribution is 2.39. The highest BCUT2D eigenvalue weighted by molar-refractivity contribution is 5.94. The van der Waals surface area contributed by atoms with E-state index in [1.165, 1.54) is 31.8 Å². The molecule has 0 bridgehead atoms. The van der Waals surface area contributed by atoms with E-state index in [1.807, 2.05) is 0 Å². The lowest BCUT2D eigenvalue weighted by Gasteiger charge is -2.35. The number of anilines is 2. The van der Waals surface area contributed by atoms with Crippen LogP contribution in [-0.2, 0) is 21.5 Å². The van der Waals surface area contributed by atoms with Crippen LogP contribution in [0.1, 0.15) is 81.8 Å². The van der Waals surface area contributed by atoms with Crippen LogP contribution in [0.4, 0.5) is 11.6 Å². The summed E-state index contributed by atoms with van der Waals surface area (Å²) in [5.41, 5.74) is 2.08. The molecular formula is C27H41N7O2. The minimum absolute atomic E-state index is 0.0336. The van der Waals surface area contributed by atoms with E-state index in [2.05, 4.69) is 56.6 Å². The number of hydrogen-bond donors (Lipinski definition) is 1. The summed E-state index contributed by atoms with van der Waals surface area (Å²) in [6.07, 6.45) is 9.04. The molecule has 196 valence electrons. The van der Waals surface area contributed by atoms with Crippen molar-refractivity contribution in [1.82, 2.24) is 24.4 Å². The first kappa shape index (κ1) is 25.1. The average molecular weight is 496 g/mol. The van der Waals surface area contributed by atoms with Gasteiger partial charge in [0, 0.05) is 62.8 Å². The first-order valence-electron chi connectivity index (χ1n) is 13.5. The van der Waals surface area contributed by atoms with Crippen molar-refractivity contribution in [2.24, 2.45) is 0 Å². The molecule has 0 aromatic carbocycles. The lowest BCUT2D eigenvalue weighted by Crippen LogP contribution is -2.36. The number of fused-ring (bicyclic) bond motifs is 1. The van der Waals surface area contributed by atoms with Crippen molar-refractivity contribution >= 4 is 17.5 Å². The molecule has 1 atom stereocenters. The Morgan fingerprint density at radius 3 is 2.58 bits per heavy atom. The zero-order valence-electron chi connectivity index (χ0n) is 22.3. The summed E-state index contributed by atoms with van der Waals surface area (Å²) in [6.45, 7) is 13.5. The van der Waals surface area contributed by atoms with Crippen LogP contribution in [0.5, 0.6) is 0 Å². The number of carbonyl (C=O) groups is 1. The fourth-order valence-electron chi connectivity index (χ4n) is 6.06. The Labute approximate surface area is 214 Å². The monoisotopic (exact) mass is 495 g/mol. The van der Waals surface area contributed by atoms with Gasteiger partial charge in [-0.25, -0.2) is 15.0 Å². The molecule has 9 heteroatoms. The molecular weight excluding hydrogens is 454 g/mol. The fraction of sp³-hybridized carbons (Fsp3) is 0.704. The maximum absolute atomic E-state index is 12.0. The maximum atomic E-state index is 12.0. The van der Waals surface area contributed by atoms with Gasteiger partial charge in [-0.1, -0.05) is 20.8 Å². The van der Waals surface area contributed by atoms with Crippen molar-refractivity contribution in [2.75, 3.05) is 56.7 Å². The molecule has 2 aromatic rings. The second-order valence-electron chi connectivity index (χ2n) is 11.4. The van der Waals surface area contributed by atoms with E-state index in [-0.39, 0.29) is 17.2 Å². The quantitative estimate of drug-likeness (QED) is 0.599. The molecule has 1 N–H and O–H groups in total. The van der Waals surface area contributed by atoms with E-state index < -0.39 is 0 Å². The highest BCUT2D eigenvalue weighted by Gasteiger charge is 2.33. The fourth-order valence-corrected chi connectivity index (χ4v) is 6.06. The number of nitrogens with zero attached hydrogens (tertiary/aromatic N) is 6. The lowest BCUT2D eigenvalue weighted by molar-refractivity contribution is -0.116. The molecule has 5 heterocycles. The molecule has 2 aromatic heterocycles. The first-order valence-corrected chi connectivity index (χ1v) is 13.5. The van der Waals surface area contributed by atoms with Crippen molar-refractivity contribution in [1.29, 1.82) is 0 Å². The third-order valence-corrected chi connectivity index (χ3v) is 8.13. The van der Waals surface area contributed by atoms with Crippen LogP contribution in [-0.4, -0.2) is 76.8 Å². The number of carbonyl (C=O) groups excluding carboxylic acids is 1. The third-order valence-electron chi connectivity index (χ3n) is 8.13. The number of amides is 1. The van der Waals surface area contributed by atoms with E-state index in [1.54, 1.807) is 13.4 Å². The van der Waals surface area contributed by atoms with E-state index in [9.17, 15) is 4.79 Å². The van der Waals surface area contributed by atoms with Crippen LogP contribution >= 0.6 is 0 Å². The number of imidazole rings is 1. The van der Waals surface area contributed by atoms with Crippen LogP contribution < -0.4 is 10.2 Å². The Balaban J connectivity index is 1.33. The van der Waals surface area contributed by atoms with Gasteiger partial charge in [0.15, 0.2) is 0 Å². The van der Waals surface area contributed by atoms with Gasteiger partial charge in [0.2, 0.25) is 5.91 Å². The Kier molecular flexibility index (Phi) is 7.30.